The third-order valence-corrected chi connectivity index (χ3v) is 7.04. The first-order valence-corrected chi connectivity index (χ1v) is 11.8. The summed E-state index contributed by atoms with van der Waals surface area (Å²) in [6, 6.07) is 11.7. The van der Waals surface area contributed by atoms with E-state index in [-0.39, 0.29) is 23.7 Å². The third-order valence-electron chi connectivity index (χ3n) is 7.04. The Balaban J connectivity index is 1.55. The second-order valence-corrected chi connectivity index (χ2v) is 9.27. The third kappa shape index (κ3) is 4.04. The molecule has 3 amide bonds. The second-order valence-electron chi connectivity index (χ2n) is 9.27. The number of hydrogen-bond donors (Lipinski definition) is 2. The van der Waals surface area contributed by atoms with E-state index in [1.54, 1.807) is 36.3 Å². The normalized spacial score (nSPS) is 19.4. The first-order chi connectivity index (χ1) is 16.9. The molecule has 0 bridgehead atoms. The molecule has 0 aliphatic carbocycles. The maximum atomic E-state index is 13.6. The van der Waals surface area contributed by atoms with E-state index in [1.165, 1.54) is 4.90 Å². The highest BCUT2D eigenvalue weighted by molar-refractivity contribution is 6.05. The number of aromatic hydroxyl groups is 1. The number of nitrogens with one attached hydrogen (secondary N) is 1. The summed E-state index contributed by atoms with van der Waals surface area (Å²) in [5.41, 5.74) is 3.81. The van der Waals surface area contributed by atoms with Gasteiger partial charge in [0.2, 0.25) is 0 Å². The number of carbonyl (C=O) groups is 2. The molecule has 1 saturated heterocycles. The number of likely N-dealkylation sites (N-methyl/N-ethyl adjacent to an activating group) is 1. The molecule has 2 atom stereocenters. The van der Waals surface area contributed by atoms with E-state index in [0.29, 0.717) is 32.5 Å². The molecule has 3 heterocycles. The lowest BCUT2D eigenvalue weighted by atomic mass is 9.89. The number of phenolic OH excluding ortho intramolecular Hbond substituents is 1. The van der Waals surface area contributed by atoms with Gasteiger partial charge in [-0.25, -0.2) is 4.79 Å². The number of ether oxygens (including phenoxy) is 1. The molecule has 2 aromatic carbocycles. The van der Waals surface area contributed by atoms with Crippen molar-refractivity contribution in [1.82, 2.24) is 19.7 Å². The van der Waals surface area contributed by atoms with E-state index < -0.39 is 6.04 Å². The number of H-pyrrole nitrogens is 1. The Morgan fingerprint density at radius 3 is 2.83 bits per heavy atom. The summed E-state index contributed by atoms with van der Waals surface area (Å²) in [5.74, 6) is 0.755. The molecule has 3 aromatic rings. The predicted molar refractivity (Wildman–Crippen MR) is 134 cm³/mol. The Morgan fingerprint density at radius 1 is 1.26 bits per heavy atom. The smallest absolute Gasteiger partial charge is 0.328 e. The minimum absolute atomic E-state index is 0.161. The Bertz CT molecular complexity index is 1300. The number of nitrogens with zero attached hydrogens (tertiary/aromatic N) is 3. The highest BCUT2D eigenvalue weighted by Crippen LogP contribution is 2.43. The Labute approximate surface area is 204 Å². The van der Waals surface area contributed by atoms with Gasteiger partial charge in [0.15, 0.2) is 0 Å². The molecule has 0 radical (unpaired) electrons. The fourth-order valence-corrected chi connectivity index (χ4v) is 5.31. The van der Waals surface area contributed by atoms with Crippen molar-refractivity contribution in [2.75, 3.05) is 33.8 Å². The van der Waals surface area contributed by atoms with Gasteiger partial charge in [0.1, 0.15) is 17.5 Å². The van der Waals surface area contributed by atoms with Crippen molar-refractivity contribution in [3.8, 4) is 11.5 Å². The zero-order valence-electron chi connectivity index (χ0n) is 20.0. The lowest BCUT2D eigenvalue weighted by Gasteiger charge is -2.36. The first-order valence-electron chi connectivity index (χ1n) is 11.8. The number of benzene rings is 2. The van der Waals surface area contributed by atoms with Gasteiger partial charge in [-0.15, -0.1) is 6.58 Å². The molecule has 0 spiro atoms. The van der Waals surface area contributed by atoms with Crippen LogP contribution in [0.3, 0.4) is 0 Å². The van der Waals surface area contributed by atoms with Crippen LogP contribution in [-0.2, 0) is 17.6 Å². The number of hydrogen-bond acceptors (Lipinski definition) is 5. The van der Waals surface area contributed by atoms with Crippen molar-refractivity contribution >= 4 is 22.8 Å². The Kier molecular flexibility index (Phi) is 5.98. The van der Waals surface area contributed by atoms with Crippen molar-refractivity contribution < 1.29 is 19.4 Å². The van der Waals surface area contributed by atoms with Gasteiger partial charge in [-0.2, -0.15) is 0 Å². The molecule has 182 valence electrons. The molecule has 8 heteroatoms. The minimum atomic E-state index is -0.563. The van der Waals surface area contributed by atoms with E-state index in [2.05, 4.69) is 11.6 Å². The number of imide groups is 1. The lowest BCUT2D eigenvalue weighted by molar-refractivity contribution is -0.128. The summed E-state index contributed by atoms with van der Waals surface area (Å²) in [6.07, 6.45) is 2.72. The molecule has 2 aliphatic heterocycles. The fourth-order valence-electron chi connectivity index (χ4n) is 5.31. The van der Waals surface area contributed by atoms with Crippen LogP contribution in [0.25, 0.3) is 10.9 Å². The summed E-state index contributed by atoms with van der Waals surface area (Å²) < 4.78 is 5.44. The van der Waals surface area contributed by atoms with E-state index in [0.717, 1.165) is 33.5 Å². The number of aromatic nitrogens is 1. The minimum Gasteiger partial charge on any atom is -0.508 e. The van der Waals surface area contributed by atoms with Crippen LogP contribution in [0.2, 0.25) is 0 Å². The van der Waals surface area contributed by atoms with Crippen molar-refractivity contribution in [1.29, 1.82) is 0 Å². The number of aromatic amines is 1. The van der Waals surface area contributed by atoms with Gasteiger partial charge >= 0.3 is 6.03 Å². The van der Waals surface area contributed by atoms with E-state index in [4.69, 9.17) is 4.74 Å². The summed E-state index contributed by atoms with van der Waals surface area (Å²) in [5, 5.41) is 11.0. The van der Waals surface area contributed by atoms with Crippen LogP contribution in [0, 0.1) is 0 Å². The molecule has 35 heavy (non-hydrogen) atoms. The van der Waals surface area contributed by atoms with Gasteiger partial charge in [-0.3, -0.25) is 9.69 Å². The van der Waals surface area contributed by atoms with Gasteiger partial charge < -0.3 is 24.6 Å². The highest BCUT2D eigenvalue weighted by atomic mass is 16.5. The topological polar surface area (TPSA) is 89.1 Å². The standard InChI is InChI=1S/C27H30N4O4/c1-4-10-29(2)11-12-30-26(33)24-16-21-20-15-19(35-3)8-9-22(20)28-25(21)23(31(24)27(30)34)14-17-6-5-7-18(32)13-17/h4-9,13,15,23-24,28,32H,1,10-12,14,16H2,2-3H3/t23?,24-/m0/s1. The van der Waals surface area contributed by atoms with Crippen LogP contribution in [0.4, 0.5) is 4.79 Å². The molecule has 1 unspecified atom stereocenters. The number of phenols is 1. The maximum absolute atomic E-state index is 13.6. The van der Waals surface area contributed by atoms with Gasteiger partial charge in [0.25, 0.3) is 5.91 Å². The average molecular weight is 475 g/mol. The largest absolute Gasteiger partial charge is 0.508 e. The van der Waals surface area contributed by atoms with E-state index in [1.807, 2.05) is 36.2 Å². The summed E-state index contributed by atoms with van der Waals surface area (Å²) >= 11 is 0. The number of carbonyl (C=O) groups excluding carboxylic acids is 2. The molecule has 2 N–H and O–H groups in total. The van der Waals surface area contributed by atoms with E-state index >= 15 is 0 Å². The number of rotatable bonds is 8. The Morgan fingerprint density at radius 2 is 2.09 bits per heavy atom. The molecule has 2 aliphatic rings. The van der Waals surface area contributed by atoms with Crippen LogP contribution in [-0.4, -0.2) is 76.6 Å². The number of methoxy groups -OCH3 is 1. The monoisotopic (exact) mass is 474 g/mol. The number of amides is 3. The summed E-state index contributed by atoms with van der Waals surface area (Å²) in [4.78, 5) is 35.8. The first kappa shape index (κ1) is 23.0. The van der Waals surface area contributed by atoms with Crippen molar-refractivity contribution in [3.63, 3.8) is 0 Å². The maximum Gasteiger partial charge on any atom is 0.328 e. The number of urea groups is 1. The average Bonchev–Trinajstić information content (AvgIpc) is 3.32. The Hall–Kier alpha value is -3.78. The second kappa shape index (κ2) is 9.11. The van der Waals surface area contributed by atoms with Crippen LogP contribution in [0.15, 0.2) is 55.1 Å². The summed E-state index contributed by atoms with van der Waals surface area (Å²) in [6.45, 7) is 5.34. The van der Waals surface area contributed by atoms with E-state index in [9.17, 15) is 14.7 Å². The van der Waals surface area contributed by atoms with Crippen LogP contribution in [0.5, 0.6) is 11.5 Å². The zero-order chi connectivity index (χ0) is 24.7. The fraction of sp³-hybridized carbons (Fsp3) is 0.333. The molecular formula is C27H30N4O4. The summed E-state index contributed by atoms with van der Waals surface area (Å²) in [7, 11) is 3.57. The van der Waals surface area contributed by atoms with Crippen LogP contribution >= 0.6 is 0 Å². The van der Waals surface area contributed by atoms with Gasteiger partial charge in [0.05, 0.1) is 13.2 Å². The van der Waals surface area contributed by atoms with Crippen molar-refractivity contribution in [2.45, 2.75) is 24.9 Å². The van der Waals surface area contributed by atoms with Gasteiger partial charge in [-0.05, 0) is 54.9 Å². The van der Waals surface area contributed by atoms with Crippen LogP contribution in [0.1, 0.15) is 22.9 Å². The van der Waals surface area contributed by atoms with Crippen molar-refractivity contribution in [2.24, 2.45) is 0 Å². The number of fused-ring (bicyclic) bond motifs is 4. The molecule has 5 rings (SSSR count). The highest BCUT2D eigenvalue weighted by Gasteiger charge is 2.51. The van der Waals surface area contributed by atoms with Gasteiger partial charge in [-0.1, -0.05) is 18.2 Å². The quantitative estimate of drug-likeness (QED) is 0.386. The molecule has 1 aromatic heterocycles. The predicted octanol–water partition coefficient (Wildman–Crippen LogP) is 3.47. The molecule has 8 nitrogen and oxygen atoms in total. The molecule has 0 saturated carbocycles. The lowest BCUT2D eigenvalue weighted by Crippen LogP contribution is -2.44. The van der Waals surface area contributed by atoms with Crippen molar-refractivity contribution in [3.05, 3.63) is 71.9 Å². The van der Waals surface area contributed by atoms with Gasteiger partial charge in [0, 0.05) is 42.7 Å². The zero-order valence-corrected chi connectivity index (χ0v) is 20.0. The van der Waals surface area contributed by atoms with Crippen LogP contribution < -0.4 is 4.74 Å². The molecular weight excluding hydrogens is 444 g/mol. The SMILES string of the molecule is C=CCN(C)CCN1C(=O)[C@@H]2Cc3c([nH]c4ccc(OC)cc34)C(Cc3cccc(O)c3)N2C1=O. The molecule has 1 fully saturated rings.